The molecule has 0 radical (unpaired) electrons. The smallest absolute Gasteiger partial charge is 0.331 e. The predicted molar refractivity (Wildman–Crippen MR) is 81.9 cm³/mol. The summed E-state index contributed by atoms with van der Waals surface area (Å²) in [6.45, 7) is 1.47. The Morgan fingerprint density at radius 2 is 2.19 bits per heavy atom. The van der Waals surface area contributed by atoms with E-state index in [0.717, 1.165) is 18.2 Å². The van der Waals surface area contributed by atoms with Crippen molar-refractivity contribution in [2.24, 2.45) is 11.7 Å². The highest BCUT2D eigenvalue weighted by molar-refractivity contribution is 5.86. The second kappa shape index (κ2) is 7.98. The molecule has 1 saturated carbocycles. The third-order valence-electron chi connectivity index (χ3n) is 4.08. The van der Waals surface area contributed by atoms with Crippen LogP contribution >= 0.6 is 0 Å². The molecule has 1 aromatic heterocycles. The van der Waals surface area contributed by atoms with Gasteiger partial charge >= 0.3 is 5.97 Å². The summed E-state index contributed by atoms with van der Waals surface area (Å²) >= 11 is 0. The predicted octanol–water partition coefficient (Wildman–Crippen LogP) is 2.37. The molecule has 1 aliphatic carbocycles. The Balaban J connectivity index is 1.93. The summed E-state index contributed by atoms with van der Waals surface area (Å²) in [6, 6.07) is 0. The molecular formula is C16H25N3O2. The number of carboxylic acid groups (broad SMARTS) is 1. The quantitative estimate of drug-likeness (QED) is 0.756. The largest absolute Gasteiger partial charge is 0.478 e. The van der Waals surface area contributed by atoms with Crippen molar-refractivity contribution in [1.29, 1.82) is 0 Å². The highest BCUT2D eigenvalue weighted by Gasteiger charge is 2.15. The van der Waals surface area contributed by atoms with E-state index < -0.39 is 5.97 Å². The molecule has 21 heavy (non-hydrogen) atoms. The Bertz CT molecular complexity index is 487. The molecule has 0 bridgehead atoms. The highest BCUT2D eigenvalue weighted by Crippen LogP contribution is 2.25. The maximum absolute atomic E-state index is 11.2. The molecule has 0 saturated heterocycles. The normalized spacial score (nSPS) is 17.1. The average Bonchev–Trinajstić information content (AvgIpc) is 2.91. The standard InChI is InChI=1S/C16H25N3O2/c17-8-4-7-14(16(20)21)9-15-11-19(12-18-15)10-13-5-2-1-3-6-13/h7,11-13H,1-6,8-10,17H2,(H,20,21)/b14-7-. The Hall–Kier alpha value is -1.62. The van der Waals surface area contributed by atoms with E-state index in [-0.39, 0.29) is 0 Å². The first kappa shape index (κ1) is 15.8. The number of nitrogens with two attached hydrogens (primary N) is 1. The number of imidazole rings is 1. The lowest BCUT2D eigenvalue weighted by Crippen LogP contribution is -2.13. The summed E-state index contributed by atoms with van der Waals surface area (Å²) in [4.78, 5) is 15.5. The first-order chi connectivity index (χ1) is 10.2. The fraction of sp³-hybridized carbons (Fsp3) is 0.625. The Labute approximate surface area is 125 Å². The average molecular weight is 291 g/mol. The zero-order valence-electron chi connectivity index (χ0n) is 12.5. The zero-order valence-corrected chi connectivity index (χ0v) is 12.5. The van der Waals surface area contributed by atoms with E-state index in [0.29, 0.717) is 25.0 Å². The van der Waals surface area contributed by atoms with Crippen LogP contribution < -0.4 is 5.73 Å². The fourth-order valence-electron chi connectivity index (χ4n) is 2.95. The van der Waals surface area contributed by atoms with E-state index in [1.54, 1.807) is 6.08 Å². The molecule has 0 unspecified atom stereocenters. The lowest BCUT2D eigenvalue weighted by atomic mass is 9.89. The monoisotopic (exact) mass is 291 g/mol. The van der Waals surface area contributed by atoms with Crippen LogP contribution in [-0.2, 0) is 17.8 Å². The van der Waals surface area contributed by atoms with Crippen molar-refractivity contribution < 1.29 is 9.90 Å². The summed E-state index contributed by atoms with van der Waals surface area (Å²) in [5.74, 6) is -0.141. The van der Waals surface area contributed by atoms with E-state index in [1.165, 1.54) is 32.1 Å². The zero-order chi connectivity index (χ0) is 15.1. The second-order valence-corrected chi connectivity index (χ2v) is 5.85. The third kappa shape index (κ3) is 5.01. The van der Waals surface area contributed by atoms with Crippen LogP contribution in [0, 0.1) is 5.92 Å². The molecule has 3 N–H and O–H groups in total. The number of hydrogen-bond donors (Lipinski definition) is 2. The first-order valence-corrected chi connectivity index (χ1v) is 7.82. The summed E-state index contributed by atoms with van der Waals surface area (Å²) in [7, 11) is 0. The van der Waals surface area contributed by atoms with Gasteiger partial charge in [0.15, 0.2) is 0 Å². The lowest BCUT2D eigenvalue weighted by Gasteiger charge is -2.21. The van der Waals surface area contributed by atoms with Crippen molar-refractivity contribution in [3.05, 3.63) is 29.9 Å². The molecule has 1 aliphatic rings. The van der Waals surface area contributed by atoms with Crippen molar-refractivity contribution >= 4 is 5.97 Å². The number of carbonyl (C=O) groups is 1. The Morgan fingerprint density at radius 1 is 1.43 bits per heavy atom. The van der Waals surface area contributed by atoms with Crippen molar-refractivity contribution in [3.63, 3.8) is 0 Å². The molecule has 5 nitrogen and oxygen atoms in total. The van der Waals surface area contributed by atoms with E-state index in [4.69, 9.17) is 5.73 Å². The molecule has 1 aromatic rings. The second-order valence-electron chi connectivity index (χ2n) is 5.85. The minimum absolute atomic E-state index is 0.368. The van der Waals surface area contributed by atoms with Gasteiger partial charge in [0, 0.05) is 24.7 Å². The van der Waals surface area contributed by atoms with Gasteiger partial charge in [0.1, 0.15) is 0 Å². The van der Waals surface area contributed by atoms with Gasteiger partial charge in [-0.25, -0.2) is 9.78 Å². The third-order valence-corrected chi connectivity index (χ3v) is 4.08. The molecule has 0 aromatic carbocycles. The SMILES string of the molecule is NCC/C=C(/Cc1cn(CC2CCCCC2)cn1)C(=O)O. The molecule has 1 fully saturated rings. The molecule has 0 atom stereocenters. The van der Waals surface area contributed by atoms with E-state index in [9.17, 15) is 9.90 Å². The molecule has 0 amide bonds. The Morgan fingerprint density at radius 3 is 2.86 bits per heavy atom. The van der Waals surface area contributed by atoms with Gasteiger partial charge in [-0.2, -0.15) is 0 Å². The van der Waals surface area contributed by atoms with Crippen LogP contribution in [0.25, 0.3) is 0 Å². The Kier molecular flexibility index (Phi) is 5.99. The van der Waals surface area contributed by atoms with Gasteiger partial charge in [0.2, 0.25) is 0 Å². The number of aliphatic carboxylic acids is 1. The van der Waals surface area contributed by atoms with E-state index in [1.807, 2.05) is 12.5 Å². The highest BCUT2D eigenvalue weighted by atomic mass is 16.4. The van der Waals surface area contributed by atoms with Crippen molar-refractivity contribution in [3.8, 4) is 0 Å². The van der Waals surface area contributed by atoms with Gasteiger partial charge in [-0.3, -0.25) is 0 Å². The molecular weight excluding hydrogens is 266 g/mol. The topological polar surface area (TPSA) is 81.1 Å². The first-order valence-electron chi connectivity index (χ1n) is 7.82. The molecule has 0 aliphatic heterocycles. The molecule has 1 heterocycles. The lowest BCUT2D eigenvalue weighted by molar-refractivity contribution is -0.132. The van der Waals surface area contributed by atoms with Crippen LogP contribution in [0.1, 0.15) is 44.2 Å². The number of nitrogens with zero attached hydrogens (tertiary/aromatic N) is 2. The van der Waals surface area contributed by atoms with Gasteiger partial charge in [-0.1, -0.05) is 25.3 Å². The van der Waals surface area contributed by atoms with Gasteiger partial charge in [0.25, 0.3) is 0 Å². The number of aromatic nitrogens is 2. The van der Waals surface area contributed by atoms with Crippen LogP contribution in [0.15, 0.2) is 24.2 Å². The minimum Gasteiger partial charge on any atom is -0.478 e. The van der Waals surface area contributed by atoms with Crippen molar-refractivity contribution in [1.82, 2.24) is 9.55 Å². The summed E-state index contributed by atoms with van der Waals surface area (Å²) in [5.41, 5.74) is 6.62. The van der Waals surface area contributed by atoms with Crippen molar-refractivity contribution in [2.75, 3.05) is 6.54 Å². The van der Waals surface area contributed by atoms with Crippen LogP contribution in [0.2, 0.25) is 0 Å². The minimum atomic E-state index is -0.884. The summed E-state index contributed by atoms with van der Waals surface area (Å²) < 4.78 is 2.10. The molecule has 5 heteroatoms. The number of hydrogen-bond acceptors (Lipinski definition) is 3. The van der Waals surface area contributed by atoms with Crippen LogP contribution in [0.4, 0.5) is 0 Å². The number of rotatable bonds is 7. The molecule has 2 rings (SSSR count). The maximum atomic E-state index is 11.2. The summed E-state index contributed by atoms with van der Waals surface area (Å²) in [5, 5.41) is 9.19. The van der Waals surface area contributed by atoms with Crippen LogP contribution in [0.3, 0.4) is 0 Å². The van der Waals surface area contributed by atoms with Crippen molar-refractivity contribution in [2.45, 2.75) is 51.5 Å². The molecule has 116 valence electrons. The maximum Gasteiger partial charge on any atom is 0.331 e. The molecule has 0 spiro atoms. The van der Waals surface area contributed by atoms with E-state index in [2.05, 4.69) is 9.55 Å². The van der Waals surface area contributed by atoms with Crippen LogP contribution in [-0.4, -0.2) is 27.2 Å². The fourth-order valence-corrected chi connectivity index (χ4v) is 2.95. The van der Waals surface area contributed by atoms with Crippen LogP contribution in [0.5, 0.6) is 0 Å². The van der Waals surface area contributed by atoms with Gasteiger partial charge < -0.3 is 15.4 Å². The van der Waals surface area contributed by atoms with Gasteiger partial charge in [-0.15, -0.1) is 0 Å². The summed E-state index contributed by atoms with van der Waals surface area (Å²) in [6.07, 6.45) is 13.1. The van der Waals surface area contributed by atoms with Gasteiger partial charge in [0.05, 0.1) is 12.0 Å². The number of carboxylic acids is 1. The van der Waals surface area contributed by atoms with Gasteiger partial charge in [-0.05, 0) is 31.7 Å². The van der Waals surface area contributed by atoms with E-state index >= 15 is 0 Å².